The first-order valence-electron chi connectivity index (χ1n) is 4.55. The molecule has 0 fully saturated rings. The Balaban J connectivity index is 2.56. The van der Waals surface area contributed by atoms with Crippen molar-refractivity contribution >= 4 is 33.0 Å². The lowest BCUT2D eigenvalue weighted by Crippen LogP contribution is -2.46. The standard InChI is InChI=1S/C9H11BNO3S/c11-5-6-1-2-8-7(3-6)4-9(15-8)10(12,13)14/h1-4,12-14H,5,11H2/q-1. The van der Waals surface area contributed by atoms with Crippen molar-refractivity contribution in [2.45, 2.75) is 6.54 Å². The van der Waals surface area contributed by atoms with Crippen LogP contribution in [0.25, 0.3) is 10.1 Å². The van der Waals surface area contributed by atoms with Crippen LogP contribution >= 0.6 is 11.3 Å². The van der Waals surface area contributed by atoms with Gasteiger partial charge in [-0.25, -0.2) is 0 Å². The number of thiophene rings is 1. The summed E-state index contributed by atoms with van der Waals surface area (Å²) in [4.78, 5) is 0. The molecule has 0 bridgehead atoms. The molecule has 1 heterocycles. The second-order valence-corrected chi connectivity index (χ2v) is 4.57. The van der Waals surface area contributed by atoms with Gasteiger partial charge in [-0.3, -0.25) is 0 Å². The van der Waals surface area contributed by atoms with Crippen LogP contribution < -0.4 is 10.5 Å². The predicted octanol–water partition coefficient (Wildman–Crippen LogP) is -0.517. The van der Waals surface area contributed by atoms with E-state index in [0.717, 1.165) is 27.0 Å². The topological polar surface area (TPSA) is 86.7 Å². The zero-order valence-electron chi connectivity index (χ0n) is 7.92. The molecule has 0 unspecified atom stereocenters. The van der Waals surface area contributed by atoms with E-state index < -0.39 is 6.75 Å². The molecule has 4 nitrogen and oxygen atoms in total. The smallest absolute Gasteiger partial charge is 0.412 e. The Labute approximate surface area is 90.6 Å². The lowest BCUT2D eigenvalue weighted by molar-refractivity contribution is 0.251. The predicted molar refractivity (Wildman–Crippen MR) is 61.8 cm³/mol. The van der Waals surface area contributed by atoms with E-state index in [1.165, 1.54) is 0 Å². The maximum Gasteiger partial charge on any atom is 0.412 e. The molecule has 0 spiro atoms. The van der Waals surface area contributed by atoms with E-state index in [1.807, 2.05) is 18.2 Å². The fourth-order valence-corrected chi connectivity index (χ4v) is 2.40. The summed E-state index contributed by atoms with van der Waals surface area (Å²) in [5, 5.41) is 28.1. The van der Waals surface area contributed by atoms with E-state index in [-0.39, 0.29) is 4.78 Å². The second kappa shape index (κ2) is 3.59. The molecule has 0 atom stereocenters. The first kappa shape index (κ1) is 10.6. The van der Waals surface area contributed by atoms with Gasteiger partial charge in [-0.05, 0) is 23.1 Å². The van der Waals surface area contributed by atoms with Crippen LogP contribution in [0.2, 0.25) is 0 Å². The molecule has 1 aromatic carbocycles. The van der Waals surface area contributed by atoms with Crippen molar-refractivity contribution < 1.29 is 15.1 Å². The van der Waals surface area contributed by atoms with Gasteiger partial charge >= 0.3 is 6.75 Å². The van der Waals surface area contributed by atoms with E-state index in [1.54, 1.807) is 6.07 Å². The quantitative estimate of drug-likeness (QED) is 0.517. The van der Waals surface area contributed by atoms with Crippen molar-refractivity contribution in [1.29, 1.82) is 0 Å². The molecule has 0 saturated carbocycles. The van der Waals surface area contributed by atoms with Crippen LogP contribution in [-0.2, 0) is 6.54 Å². The molecule has 0 aliphatic heterocycles. The zero-order valence-corrected chi connectivity index (χ0v) is 8.74. The Morgan fingerprint density at radius 1 is 1.20 bits per heavy atom. The number of rotatable bonds is 2. The molecule has 80 valence electrons. The number of nitrogens with two attached hydrogens (primary N) is 1. The first-order valence-corrected chi connectivity index (χ1v) is 5.37. The van der Waals surface area contributed by atoms with Crippen molar-refractivity contribution in [2.75, 3.05) is 0 Å². The van der Waals surface area contributed by atoms with Crippen LogP contribution in [0.3, 0.4) is 0 Å². The first-order chi connectivity index (χ1) is 7.00. The van der Waals surface area contributed by atoms with Crippen LogP contribution in [0.4, 0.5) is 0 Å². The number of benzene rings is 1. The number of fused-ring (bicyclic) bond motifs is 1. The molecule has 15 heavy (non-hydrogen) atoms. The summed E-state index contributed by atoms with van der Waals surface area (Å²) in [5.74, 6) is 0. The molecule has 0 aliphatic carbocycles. The summed E-state index contributed by atoms with van der Waals surface area (Å²) in [6.07, 6.45) is 0. The van der Waals surface area contributed by atoms with E-state index in [4.69, 9.17) is 20.8 Å². The Hall–Kier alpha value is -0.915. The minimum absolute atomic E-state index is 0.166. The van der Waals surface area contributed by atoms with Crippen molar-refractivity contribution in [2.24, 2.45) is 5.73 Å². The third-order valence-electron chi connectivity index (χ3n) is 2.22. The van der Waals surface area contributed by atoms with Crippen molar-refractivity contribution in [3.05, 3.63) is 29.8 Å². The zero-order chi connectivity index (χ0) is 11.1. The minimum atomic E-state index is -3.39. The maximum absolute atomic E-state index is 9.08. The van der Waals surface area contributed by atoms with Crippen molar-refractivity contribution in [3.63, 3.8) is 0 Å². The van der Waals surface area contributed by atoms with E-state index in [0.29, 0.717) is 6.54 Å². The molecule has 0 saturated heterocycles. The third-order valence-corrected chi connectivity index (χ3v) is 3.48. The molecule has 1 aromatic heterocycles. The van der Waals surface area contributed by atoms with Crippen LogP contribution in [0.1, 0.15) is 5.56 Å². The lowest BCUT2D eigenvalue weighted by Gasteiger charge is -2.17. The van der Waals surface area contributed by atoms with Gasteiger partial charge in [0.2, 0.25) is 0 Å². The monoisotopic (exact) mass is 224 g/mol. The third kappa shape index (κ3) is 2.04. The van der Waals surface area contributed by atoms with Crippen LogP contribution in [0, 0.1) is 0 Å². The number of hydrogen-bond acceptors (Lipinski definition) is 5. The Morgan fingerprint density at radius 2 is 1.93 bits per heavy atom. The van der Waals surface area contributed by atoms with Gasteiger partial charge in [0.05, 0.1) is 0 Å². The minimum Gasteiger partial charge on any atom is -0.555 e. The van der Waals surface area contributed by atoms with Gasteiger partial charge in [-0.2, -0.15) is 11.3 Å². The lowest BCUT2D eigenvalue weighted by atomic mass is 9.78. The SMILES string of the molecule is NCc1ccc2sc([B-](O)(O)O)cc2c1. The summed E-state index contributed by atoms with van der Waals surface area (Å²) in [6.45, 7) is -2.95. The van der Waals surface area contributed by atoms with Crippen LogP contribution in [-0.4, -0.2) is 21.8 Å². The average molecular weight is 224 g/mol. The summed E-state index contributed by atoms with van der Waals surface area (Å²) >= 11 is 1.16. The highest BCUT2D eigenvalue weighted by Gasteiger charge is 2.20. The Bertz CT molecular complexity index is 492. The van der Waals surface area contributed by atoms with Gasteiger partial charge < -0.3 is 20.8 Å². The van der Waals surface area contributed by atoms with Gasteiger partial charge in [0, 0.05) is 11.2 Å². The van der Waals surface area contributed by atoms with Gasteiger partial charge in [0.15, 0.2) is 0 Å². The molecule has 5 N–H and O–H groups in total. The molecular formula is C9H11BNO3S-. The normalized spacial score (nSPS) is 12.3. The summed E-state index contributed by atoms with van der Waals surface area (Å²) in [6, 6.07) is 7.17. The highest BCUT2D eigenvalue weighted by Crippen LogP contribution is 2.21. The fraction of sp³-hybridized carbons (Fsp3) is 0.111. The van der Waals surface area contributed by atoms with Gasteiger partial charge in [-0.15, -0.1) is 0 Å². The molecule has 6 heteroatoms. The van der Waals surface area contributed by atoms with E-state index in [9.17, 15) is 0 Å². The highest BCUT2D eigenvalue weighted by atomic mass is 32.1. The average Bonchev–Trinajstić information content (AvgIpc) is 2.59. The molecule has 0 amide bonds. The molecule has 0 aliphatic rings. The van der Waals surface area contributed by atoms with Gasteiger partial charge in [-0.1, -0.05) is 16.9 Å². The largest absolute Gasteiger partial charge is 0.555 e. The molecule has 2 aromatic rings. The van der Waals surface area contributed by atoms with Crippen molar-refractivity contribution in [3.8, 4) is 0 Å². The van der Waals surface area contributed by atoms with E-state index >= 15 is 0 Å². The summed E-state index contributed by atoms with van der Waals surface area (Å²) in [7, 11) is 0. The maximum atomic E-state index is 9.08. The second-order valence-electron chi connectivity index (χ2n) is 3.46. The Morgan fingerprint density at radius 3 is 2.53 bits per heavy atom. The van der Waals surface area contributed by atoms with Gasteiger partial charge in [0.25, 0.3) is 0 Å². The van der Waals surface area contributed by atoms with Crippen molar-refractivity contribution in [1.82, 2.24) is 0 Å². The molecular weight excluding hydrogens is 213 g/mol. The highest BCUT2D eigenvalue weighted by molar-refractivity contribution is 7.29. The van der Waals surface area contributed by atoms with E-state index in [2.05, 4.69) is 0 Å². The van der Waals surface area contributed by atoms with Crippen LogP contribution in [0.15, 0.2) is 24.3 Å². The Kier molecular flexibility index (Phi) is 2.53. The molecule has 2 rings (SSSR count). The summed E-state index contributed by atoms with van der Waals surface area (Å²) in [5.41, 5.74) is 6.46. The van der Waals surface area contributed by atoms with Gasteiger partial charge in [0.1, 0.15) is 0 Å². The number of hydrogen-bond donors (Lipinski definition) is 4. The molecule has 0 radical (unpaired) electrons. The fourth-order valence-electron chi connectivity index (χ4n) is 1.43. The van der Waals surface area contributed by atoms with Crippen LogP contribution in [0.5, 0.6) is 0 Å². The summed E-state index contributed by atoms with van der Waals surface area (Å²) < 4.78 is 1.06.